The fourth-order valence-corrected chi connectivity index (χ4v) is 2.67. The maximum atomic E-state index is 11.9. The lowest BCUT2D eigenvalue weighted by Crippen LogP contribution is -2.31. The van der Waals surface area contributed by atoms with Crippen LogP contribution in [0.1, 0.15) is 37.8 Å². The topological polar surface area (TPSA) is 33.2 Å². The minimum Gasteiger partial charge on any atom is -0.343 e. The Kier molecular flexibility index (Phi) is 4.34. The standard InChI is InChI=1S/C12H18N2OS/c15-12(6-5-11-9-16-10-13-11)14-7-3-1-2-4-8-14/h9-10H,1-8H2. The molecule has 0 saturated carbocycles. The van der Waals surface area contributed by atoms with Crippen LogP contribution in [0.2, 0.25) is 0 Å². The third kappa shape index (κ3) is 3.30. The third-order valence-corrected chi connectivity index (χ3v) is 3.67. The van der Waals surface area contributed by atoms with E-state index in [9.17, 15) is 4.79 Å². The summed E-state index contributed by atoms with van der Waals surface area (Å²) < 4.78 is 0. The molecule has 0 N–H and O–H groups in total. The normalized spacial score (nSPS) is 17.1. The summed E-state index contributed by atoms with van der Waals surface area (Å²) in [5, 5.41) is 2.02. The highest BCUT2D eigenvalue weighted by Crippen LogP contribution is 2.12. The molecule has 0 radical (unpaired) electrons. The number of hydrogen-bond donors (Lipinski definition) is 0. The second-order valence-corrected chi connectivity index (χ2v) is 4.99. The lowest BCUT2D eigenvalue weighted by molar-refractivity contribution is -0.131. The number of rotatable bonds is 3. The lowest BCUT2D eigenvalue weighted by Gasteiger charge is -2.19. The van der Waals surface area contributed by atoms with Crippen LogP contribution in [0.5, 0.6) is 0 Å². The highest BCUT2D eigenvalue weighted by Gasteiger charge is 2.15. The Morgan fingerprint density at radius 3 is 2.69 bits per heavy atom. The molecule has 1 fully saturated rings. The minimum atomic E-state index is 0.301. The van der Waals surface area contributed by atoms with Gasteiger partial charge in [-0.25, -0.2) is 4.98 Å². The first-order valence-electron chi connectivity index (χ1n) is 6.01. The molecule has 4 heteroatoms. The average molecular weight is 238 g/mol. The van der Waals surface area contributed by atoms with Crippen LogP contribution in [0.3, 0.4) is 0 Å². The summed E-state index contributed by atoms with van der Waals surface area (Å²) in [6.07, 6.45) is 6.29. The number of likely N-dealkylation sites (tertiary alicyclic amines) is 1. The van der Waals surface area contributed by atoms with Crippen LogP contribution in [0, 0.1) is 0 Å². The Balaban J connectivity index is 1.78. The van der Waals surface area contributed by atoms with Crippen molar-refractivity contribution in [2.24, 2.45) is 0 Å². The van der Waals surface area contributed by atoms with Gasteiger partial charge in [0.05, 0.1) is 11.2 Å². The highest BCUT2D eigenvalue weighted by atomic mass is 32.1. The van der Waals surface area contributed by atoms with Crippen molar-refractivity contribution in [2.45, 2.75) is 38.5 Å². The number of amides is 1. The Bertz CT molecular complexity index is 316. The minimum absolute atomic E-state index is 0.301. The molecule has 0 aromatic carbocycles. The molecule has 1 aliphatic heterocycles. The quantitative estimate of drug-likeness (QED) is 0.810. The van der Waals surface area contributed by atoms with Gasteiger partial charge in [0.1, 0.15) is 0 Å². The van der Waals surface area contributed by atoms with E-state index >= 15 is 0 Å². The van der Waals surface area contributed by atoms with Crippen molar-refractivity contribution in [3.8, 4) is 0 Å². The van der Waals surface area contributed by atoms with Gasteiger partial charge in [0.25, 0.3) is 0 Å². The molecule has 0 bridgehead atoms. The van der Waals surface area contributed by atoms with Gasteiger partial charge in [-0.05, 0) is 19.3 Å². The third-order valence-electron chi connectivity index (χ3n) is 3.04. The molecule has 1 aromatic rings. The van der Waals surface area contributed by atoms with Crippen molar-refractivity contribution >= 4 is 17.2 Å². The first-order chi connectivity index (χ1) is 7.86. The molecular weight excluding hydrogens is 220 g/mol. The zero-order valence-electron chi connectivity index (χ0n) is 9.52. The lowest BCUT2D eigenvalue weighted by atomic mass is 10.2. The zero-order chi connectivity index (χ0) is 11.2. The summed E-state index contributed by atoms with van der Waals surface area (Å²) in [6, 6.07) is 0. The van der Waals surface area contributed by atoms with E-state index in [1.165, 1.54) is 25.7 Å². The van der Waals surface area contributed by atoms with Crippen LogP contribution in [0.15, 0.2) is 10.9 Å². The molecule has 0 spiro atoms. The fraction of sp³-hybridized carbons (Fsp3) is 0.667. The maximum Gasteiger partial charge on any atom is 0.222 e. The van der Waals surface area contributed by atoms with Crippen LogP contribution in [0.25, 0.3) is 0 Å². The van der Waals surface area contributed by atoms with E-state index in [1.807, 2.05) is 15.8 Å². The molecule has 1 amide bonds. The van der Waals surface area contributed by atoms with Gasteiger partial charge in [0, 0.05) is 24.9 Å². The van der Waals surface area contributed by atoms with Gasteiger partial charge in [-0.2, -0.15) is 0 Å². The monoisotopic (exact) mass is 238 g/mol. The largest absolute Gasteiger partial charge is 0.343 e. The summed E-state index contributed by atoms with van der Waals surface area (Å²) in [5.41, 5.74) is 2.87. The number of carbonyl (C=O) groups is 1. The van der Waals surface area contributed by atoms with E-state index in [-0.39, 0.29) is 0 Å². The fourth-order valence-electron chi connectivity index (χ4n) is 2.07. The number of carbonyl (C=O) groups excluding carboxylic acids is 1. The van der Waals surface area contributed by atoms with E-state index in [2.05, 4.69) is 4.98 Å². The maximum absolute atomic E-state index is 11.9. The van der Waals surface area contributed by atoms with Gasteiger partial charge in [-0.15, -0.1) is 11.3 Å². The Morgan fingerprint density at radius 1 is 1.31 bits per heavy atom. The highest BCUT2D eigenvalue weighted by molar-refractivity contribution is 7.07. The molecule has 2 rings (SSSR count). The summed E-state index contributed by atoms with van der Waals surface area (Å²) in [6.45, 7) is 1.91. The first kappa shape index (κ1) is 11.6. The van der Waals surface area contributed by atoms with E-state index < -0.39 is 0 Å². The molecule has 1 saturated heterocycles. The second-order valence-electron chi connectivity index (χ2n) is 4.27. The molecule has 88 valence electrons. The van der Waals surface area contributed by atoms with E-state index in [4.69, 9.17) is 0 Å². The van der Waals surface area contributed by atoms with Gasteiger partial charge in [-0.3, -0.25) is 4.79 Å². The van der Waals surface area contributed by atoms with Crippen molar-refractivity contribution in [1.29, 1.82) is 0 Å². The van der Waals surface area contributed by atoms with Crippen molar-refractivity contribution in [1.82, 2.24) is 9.88 Å². The van der Waals surface area contributed by atoms with Gasteiger partial charge >= 0.3 is 0 Å². The van der Waals surface area contributed by atoms with Crippen LogP contribution in [-0.4, -0.2) is 28.9 Å². The number of aromatic nitrogens is 1. The molecule has 0 aliphatic carbocycles. The smallest absolute Gasteiger partial charge is 0.222 e. The van der Waals surface area contributed by atoms with Crippen LogP contribution >= 0.6 is 11.3 Å². The van der Waals surface area contributed by atoms with Crippen LogP contribution in [-0.2, 0) is 11.2 Å². The van der Waals surface area contributed by atoms with E-state index in [0.717, 1.165) is 25.2 Å². The SMILES string of the molecule is O=C(CCc1cscn1)N1CCCCCC1. The van der Waals surface area contributed by atoms with Crippen molar-refractivity contribution in [2.75, 3.05) is 13.1 Å². The summed E-state index contributed by atoms with van der Waals surface area (Å²) >= 11 is 1.59. The summed E-state index contributed by atoms with van der Waals surface area (Å²) in [4.78, 5) is 18.2. The van der Waals surface area contributed by atoms with E-state index in [0.29, 0.717) is 12.3 Å². The van der Waals surface area contributed by atoms with Crippen molar-refractivity contribution in [3.05, 3.63) is 16.6 Å². The summed E-state index contributed by atoms with van der Waals surface area (Å²) in [5.74, 6) is 0.301. The number of thiazole rings is 1. The number of nitrogens with zero attached hydrogens (tertiary/aromatic N) is 2. The molecule has 16 heavy (non-hydrogen) atoms. The molecular formula is C12H18N2OS. The number of hydrogen-bond acceptors (Lipinski definition) is 3. The predicted molar refractivity (Wildman–Crippen MR) is 65.5 cm³/mol. The van der Waals surface area contributed by atoms with Crippen LogP contribution < -0.4 is 0 Å². The predicted octanol–water partition coefficient (Wildman–Crippen LogP) is 2.48. The molecule has 0 atom stereocenters. The van der Waals surface area contributed by atoms with Crippen LogP contribution in [0.4, 0.5) is 0 Å². The van der Waals surface area contributed by atoms with Gasteiger partial charge < -0.3 is 4.90 Å². The van der Waals surface area contributed by atoms with Crippen molar-refractivity contribution < 1.29 is 4.79 Å². The molecule has 1 aromatic heterocycles. The van der Waals surface area contributed by atoms with Gasteiger partial charge in [-0.1, -0.05) is 12.8 Å². The van der Waals surface area contributed by atoms with Crippen molar-refractivity contribution in [3.63, 3.8) is 0 Å². The second kappa shape index (κ2) is 5.99. The first-order valence-corrected chi connectivity index (χ1v) is 6.95. The van der Waals surface area contributed by atoms with Gasteiger partial charge in [0.15, 0.2) is 0 Å². The summed E-state index contributed by atoms with van der Waals surface area (Å²) in [7, 11) is 0. The average Bonchev–Trinajstić information content (AvgIpc) is 2.66. The molecule has 1 aliphatic rings. The molecule has 0 unspecified atom stereocenters. The van der Waals surface area contributed by atoms with E-state index in [1.54, 1.807) is 11.3 Å². The number of aryl methyl sites for hydroxylation is 1. The Morgan fingerprint density at radius 2 is 2.06 bits per heavy atom. The molecule has 3 nitrogen and oxygen atoms in total. The van der Waals surface area contributed by atoms with Gasteiger partial charge in [0.2, 0.25) is 5.91 Å². The molecule has 2 heterocycles. The Labute approximate surface area is 100 Å². The Hall–Kier alpha value is -0.900. The zero-order valence-corrected chi connectivity index (χ0v) is 10.3.